The van der Waals surface area contributed by atoms with Crippen LogP contribution in [0, 0.1) is 5.41 Å². The predicted molar refractivity (Wildman–Crippen MR) is 79.9 cm³/mol. The zero-order chi connectivity index (χ0) is 14.7. The zero-order valence-electron chi connectivity index (χ0n) is 13.3. The van der Waals surface area contributed by atoms with Crippen molar-refractivity contribution in [2.45, 2.75) is 65.5 Å². The minimum Gasteiger partial charge on any atom is -0.368 e. The summed E-state index contributed by atoms with van der Waals surface area (Å²) in [4.78, 5) is 14.1. The summed E-state index contributed by atoms with van der Waals surface area (Å²) in [5.41, 5.74) is 5.41. The van der Waals surface area contributed by atoms with Crippen LogP contribution in [0.4, 0.5) is 0 Å². The first-order valence-corrected chi connectivity index (χ1v) is 7.45. The molecule has 0 saturated carbocycles. The average Bonchev–Trinajstić information content (AvgIpc) is 2.57. The minimum atomic E-state index is -0.580. The number of rotatable bonds is 7. The lowest BCUT2D eigenvalue weighted by Crippen LogP contribution is -2.55. The normalized spacial score (nSPS) is 22.6. The second kappa shape index (κ2) is 6.23. The average molecular weight is 269 g/mol. The van der Waals surface area contributed by atoms with Crippen LogP contribution in [0.2, 0.25) is 0 Å². The van der Waals surface area contributed by atoms with E-state index < -0.39 is 5.54 Å². The molecule has 1 aliphatic rings. The third-order valence-electron chi connectivity index (χ3n) is 4.06. The van der Waals surface area contributed by atoms with Gasteiger partial charge in [-0.3, -0.25) is 4.79 Å². The standard InChI is InChI=1S/C15H31N3O/c1-12(2)17-15(5,13(16)19)7-6-9-18-10-8-14(3,4)11-18/h12,17H,6-11H2,1-5H3,(H2,16,19). The van der Waals surface area contributed by atoms with Crippen molar-refractivity contribution in [2.75, 3.05) is 19.6 Å². The topological polar surface area (TPSA) is 58.4 Å². The van der Waals surface area contributed by atoms with Crippen LogP contribution in [0.15, 0.2) is 0 Å². The molecule has 0 radical (unpaired) electrons. The molecule has 0 aromatic heterocycles. The van der Waals surface area contributed by atoms with E-state index in [1.165, 1.54) is 13.0 Å². The third kappa shape index (κ3) is 5.11. The zero-order valence-corrected chi connectivity index (χ0v) is 13.3. The van der Waals surface area contributed by atoms with Crippen LogP contribution in [0.1, 0.15) is 53.9 Å². The van der Waals surface area contributed by atoms with E-state index in [0.717, 1.165) is 25.9 Å². The molecule has 1 rings (SSSR count). The van der Waals surface area contributed by atoms with Crippen LogP contribution in [0.25, 0.3) is 0 Å². The smallest absolute Gasteiger partial charge is 0.237 e. The Morgan fingerprint density at radius 3 is 2.53 bits per heavy atom. The molecule has 1 fully saturated rings. The fraction of sp³-hybridized carbons (Fsp3) is 0.933. The van der Waals surface area contributed by atoms with Crippen molar-refractivity contribution in [1.82, 2.24) is 10.2 Å². The Bertz CT molecular complexity index is 315. The minimum absolute atomic E-state index is 0.247. The molecule has 1 unspecified atom stereocenters. The van der Waals surface area contributed by atoms with E-state index in [9.17, 15) is 4.79 Å². The molecule has 0 spiro atoms. The number of hydrogen-bond acceptors (Lipinski definition) is 3. The Balaban J connectivity index is 2.39. The lowest BCUT2D eigenvalue weighted by molar-refractivity contribution is -0.124. The summed E-state index contributed by atoms with van der Waals surface area (Å²) in [5, 5.41) is 3.30. The van der Waals surface area contributed by atoms with Gasteiger partial charge in [-0.05, 0) is 58.5 Å². The van der Waals surface area contributed by atoms with Gasteiger partial charge in [0.15, 0.2) is 0 Å². The van der Waals surface area contributed by atoms with Gasteiger partial charge in [-0.1, -0.05) is 13.8 Å². The number of carbonyl (C=O) groups is 1. The van der Waals surface area contributed by atoms with E-state index in [1.54, 1.807) is 0 Å². The molecular weight excluding hydrogens is 238 g/mol. The van der Waals surface area contributed by atoms with Gasteiger partial charge < -0.3 is 16.0 Å². The van der Waals surface area contributed by atoms with Crippen molar-refractivity contribution in [3.63, 3.8) is 0 Å². The monoisotopic (exact) mass is 269 g/mol. The van der Waals surface area contributed by atoms with Crippen molar-refractivity contribution in [3.8, 4) is 0 Å². The number of carbonyl (C=O) groups excluding carboxylic acids is 1. The summed E-state index contributed by atoms with van der Waals surface area (Å²) in [6, 6.07) is 0.267. The van der Waals surface area contributed by atoms with Gasteiger partial charge in [0, 0.05) is 12.6 Å². The summed E-state index contributed by atoms with van der Waals surface area (Å²) in [5.74, 6) is -0.247. The molecule has 3 N–H and O–H groups in total. The highest BCUT2D eigenvalue weighted by Gasteiger charge is 2.32. The van der Waals surface area contributed by atoms with Crippen LogP contribution in [0.3, 0.4) is 0 Å². The number of likely N-dealkylation sites (tertiary alicyclic amines) is 1. The van der Waals surface area contributed by atoms with E-state index in [2.05, 4.69) is 24.1 Å². The molecule has 4 nitrogen and oxygen atoms in total. The van der Waals surface area contributed by atoms with Gasteiger partial charge in [0.05, 0.1) is 5.54 Å². The summed E-state index contributed by atoms with van der Waals surface area (Å²) >= 11 is 0. The maximum absolute atomic E-state index is 11.6. The molecule has 0 aromatic carbocycles. The summed E-state index contributed by atoms with van der Waals surface area (Å²) < 4.78 is 0. The highest BCUT2D eigenvalue weighted by Crippen LogP contribution is 2.29. The molecule has 4 heteroatoms. The Kier molecular flexibility index (Phi) is 5.39. The van der Waals surface area contributed by atoms with Gasteiger partial charge in [0.1, 0.15) is 0 Å². The Morgan fingerprint density at radius 2 is 2.11 bits per heavy atom. The van der Waals surface area contributed by atoms with E-state index in [-0.39, 0.29) is 11.9 Å². The number of primary amides is 1. The highest BCUT2D eigenvalue weighted by atomic mass is 16.1. The Hall–Kier alpha value is -0.610. The number of nitrogens with zero attached hydrogens (tertiary/aromatic N) is 1. The maximum Gasteiger partial charge on any atom is 0.237 e. The molecule has 1 amide bonds. The lowest BCUT2D eigenvalue weighted by atomic mass is 9.93. The molecule has 112 valence electrons. The molecule has 1 atom stereocenters. The third-order valence-corrected chi connectivity index (χ3v) is 4.06. The predicted octanol–water partition coefficient (Wildman–Crippen LogP) is 1.74. The number of nitrogens with two attached hydrogens (primary N) is 1. The fourth-order valence-electron chi connectivity index (χ4n) is 2.97. The first-order valence-electron chi connectivity index (χ1n) is 7.45. The highest BCUT2D eigenvalue weighted by molar-refractivity contribution is 5.84. The van der Waals surface area contributed by atoms with E-state index >= 15 is 0 Å². The summed E-state index contributed by atoms with van der Waals surface area (Å²) in [6.07, 6.45) is 3.08. The summed E-state index contributed by atoms with van der Waals surface area (Å²) in [7, 11) is 0. The van der Waals surface area contributed by atoms with Crippen molar-refractivity contribution in [3.05, 3.63) is 0 Å². The van der Waals surface area contributed by atoms with Crippen molar-refractivity contribution < 1.29 is 4.79 Å². The molecule has 1 heterocycles. The second-order valence-corrected chi connectivity index (χ2v) is 7.29. The number of nitrogens with one attached hydrogen (secondary N) is 1. The molecule has 0 aliphatic carbocycles. The quantitative estimate of drug-likeness (QED) is 0.740. The van der Waals surface area contributed by atoms with Gasteiger partial charge in [0.2, 0.25) is 5.91 Å². The first kappa shape index (κ1) is 16.4. The van der Waals surface area contributed by atoms with Crippen molar-refractivity contribution in [1.29, 1.82) is 0 Å². The van der Waals surface area contributed by atoms with Gasteiger partial charge in [-0.2, -0.15) is 0 Å². The van der Waals surface area contributed by atoms with Crippen molar-refractivity contribution >= 4 is 5.91 Å². The molecule has 19 heavy (non-hydrogen) atoms. The number of hydrogen-bond donors (Lipinski definition) is 2. The van der Waals surface area contributed by atoms with Gasteiger partial charge in [-0.25, -0.2) is 0 Å². The van der Waals surface area contributed by atoms with Gasteiger partial charge >= 0.3 is 0 Å². The molecule has 0 bridgehead atoms. The van der Waals surface area contributed by atoms with Crippen LogP contribution in [-0.4, -0.2) is 42.0 Å². The van der Waals surface area contributed by atoms with E-state index in [0.29, 0.717) is 5.41 Å². The number of amides is 1. The fourth-order valence-corrected chi connectivity index (χ4v) is 2.97. The Labute approximate surface area is 118 Å². The van der Waals surface area contributed by atoms with Crippen LogP contribution in [0.5, 0.6) is 0 Å². The lowest BCUT2D eigenvalue weighted by Gasteiger charge is -2.30. The van der Waals surface area contributed by atoms with Crippen LogP contribution < -0.4 is 11.1 Å². The molecular formula is C15H31N3O. The SMILES string of the molecule is CC(C)NC(C)(CCCN1CCC(C)(C)C1)C(N)=O. The largest absolute Gasteiger partial charge is 0.368 e. The maximum atomic E-state index is 11.6. The molecule has 0 aromatic rings. The van der Waals surface area contributed by atoms with Gasteiger partial charge in [-0.15, -0.1) is 0 Å². The first-order chi connectivity index (χ1) is 8.65. The molecule has 1 saturated heterocycles. The summed E-state index contributed by atoms with van der Waals surface area (Å²) in [6.45, 7) is 14.1. The van der Waals surface area contributed by atoms with E-state index in [1.807, 2.05) is 20.8 Å². The van der Waals surface area contributed by atoms with Crippen LogP contribution in [-0.2, 0) is 4.79 Å². The van der Waals surface area contributed by atoms with Crippen LogP contribution >= 0.6 is 0 Å². The second-order valence-electron chi connectivity index (χ2n) is 7.29. The Morgan fingerprint density at radius 1 is 1.47 bits per heavy atom. The van der Waals surface area contributed by atoms with E-state index in [4.69, 9.17) is 5.73 Å². The van der Waals surface area contributed by atoms with Crippen molar-refractivity contribution in [2.24, 2.45) is 11.1 Å². The van der Waals surface area contributed by atoms with Gasteiger partial charge in [0.25, 0.3) is 0 Å². The molecule has 1 aliphatic heterocycles.